The average molecular weight is 761 g/mol. The van der Waals surface area contributed by atoms with Crippen molar-refractivity contribution in [1.82, 2.24) is 9.13 Å². The summed E-state index contributed by atoms with van der Waals surface area (Å²) in [7, 11) is 0. The molecule has 2 aromatic heterocycles. The fraction of sp³-hybridized carbons (Fsp3) is 0. The molecule has 0 saturated carbocycles. The topological polar surface area (TPSA) is 9.86 Å². The number of hydrogen-bond donors (Lipinski definition) is 0. The zero-order valence-electron chi connectivity index (χ0n) is 32.7. The molecule has 2 nitrogen and oxygen atoms in total. The third kappa shape index (κ3) is 4.76. The van der Waals surface area contributed by atoms with Crippen molar-refractivity contribution in [2.24, 2.45) is 0 Å². The highest BCUT2D eigenvalue weighted by Gasteiger charge is 2.18. The minimum absolute atomic E-state index is 1.16. The molecule has 0 spiro atoms. The van der Waals surface area contributed by atoms with Crippen LogP contribution in [-0.2, 0) is 0 Å². The summed E-state index contributed by atoms with van der Waals surface area (Å²) in [4.78, 5) is 0. The molecular formula is C58H36N2. The van der Waals surface area contributed by atoms with E-state index in [9.17, 15) is 0 Å². The molecule has 0 aliphatic rings. The van der Waals surface area contributed by atoms with E-state index in [0.717, 1.165) is 11.4 Å². The Morgan fingerprint density at radius 1 is 0.217 bits per heavy atom. The molecule has 0 fully saturated rings. The maximum atomic E-state index is 2.44. The number of para-hydroxylation sites is 4. The van der Waals surface area contributed by atoms with E-state index in [1.807, 2.05) is 0 Å². The largest absolute Gasteiger partial charge is 0.309 e. The second-order valence-electron chi connectivity index (χ2n) is 16.0. The van der Waals surface area contributed by atoms with E-state index in [1.54, 1.807) is 0 Å². The van der Waals surface area contributed by atoms with Gasteiger partial charge in [0, 0.05) is 32.9 Å². The second-order valence-corrected chi connectivity index (χ2v) is 16.0. The Balaban J connectivity index is 0.957. The average Bonchev–Trinajstić information content (AvgIpc) is 3.84. The molecule has 0 aliphatic carbocycles. The Morgan fingerprint density at radius 2 is 0.583 bits per heavy atom. The quantitative estimate of drug-likeness (QED) is 0.158. The molecule has 60 heavy (non-hydrogen) atoms. The first kappa shape index (κ1) is 33.1. The fourth-order valence-corrected chi connectivity index (χ4v) is 10.2. The summed E-state index contributed by atoms with van der Waals surface area (Å²) in [5, 5.41) is 15.3. The third-order valence-electron chi connectivity index (χ3n) is 12.9. The highest BCUT2D eigenvalue weighted by atomic mass is 15.0. The van der Waals surface area contributed by atoms with Gasteiger partial charge in [-0.3, -0.25) is 0 Å². The van der Waals surface area contributed by atoms with E-state index in [1.165, 1.54) is 109 Å². The monoisotopic (exact) mass is 760 g/mol. The molecule has 0 N–H and O–H groups in total. The molecule has 2 heteroatoms. The molecule has 278 valence electrons. The molecule has 0 amide bonds. The van der Waals surface area contributed by atoms with Crippen LogP contribution in [0.4, 0.5) is 0 Å². The standard InChI is InChI=1S/C58H36N2/c1-2-14-43-42(13-1)52-35-39(37-25-30-40(31-26-37)59-54-21-9-5-16-45(54)46-17-6-10-22-55(46)59)29-34-50(52)58-49-20-4-3-15-44(49)51(36-53(43)58)38-27-32-41(33-28-38)60-56-23-11-7-18-47(56)48-19-8-12-24-57(48)60/h1-36H. The van der Waals surface area contributed by atoms with E-state index in [4.69, 9.17) is 0 Å². The van der Waals surface area contributed by atoms with Crippen LogP contribution in [0.5, 0.6) is 0 Å². The first-order valence-electron chi connectivity index (χ1n) is 20.8. The fourth-order valence-electron chi connectivity index (χ4n) is 10.2. The Kier molecular flexibility index (Phi) is 7.05. The zero-order chi connectivity index (χ0) is 39.3. The van der Waals surface area contributed by atoms with Crippen molar-refractivity contribution in [3.05, 3.63) is 218 Å². The van der Waals surface area contributed by atoms with E-state index >= 15 is 0 Å². The minimum Gasteiger partial charge on any atom is -0.309 e. The lowest BCUT2D eigenvalue weighted by atomic mass is 9.86. The van der Waals surface area contributed by atoms with Crippen LogP contribution in [0.15, 0.2) is 218 Å². The molecule has 2 heterocycles. The Labute approximate surface area is 346 Å². The van der Waals surface area contributed by atoms with Gasteiger partial charge in [0.1, 0.15) is 0 Å². The van der Waals surface area contributed by atoms with Crippen molar-refractivity contribution >= 4 is 86.7 Å². The van der Waals surface area contributed by atoms with Crippen LogP contribution in [0.3, 0.4) is 0 Å². The summed E-state index contributed by atoms with van der Waals surface area (Å²) in [6, 6.07) is 80.5. The van der Waals surface area contributed by atoms with E-state index in [-0.39, 0.29) is 0 Å². The van der Waals surface area contributed by atoms with Crippen molar-refractivity contribution < 1.29 is 0 Å². The van der Waals surface area contributed by atoms with Gasteiger partial charge in [0.15, 0.2) is 0 Å². The third-order valence-corrected chi connectivity index (χ3v) is 12.9. The van der Waals surface area contributed by atoms with Gasteiger partial charge in [-0.15, -0.1) is 0 Å². The number of hydrogen-bond acceptors (Lipinski definition) is 0. The lowest BCUT2D eigenvalue weighted by Gasteiger charge is -2.17. The Bertz CT molecular complexity index is 3760. The normalized spacial score (nSPS) is 12.0. The predicted molar refractivity (Wildman–Crippen MR) is 256 cm³/mol. The lowest BCUT2D eigenvalue weighted by Crippen LogP contribution is -1.94. The first-order chi connectivity index (χ1) is 29.8. The van der Waals surface area contributed by atoms with Crippen molar-refractivity contribution in [3.63, 3.8) is 0 Å². The van der Waals surface area contributed by atoms with Crippen LogP contribution in [-0.4, -0.2) is 9.13 Å². The summed E-state index contributed by atoms with van der Waals surface area (Å²) in [5.41, 5.74) is 12.1. The maximum absolute atomic E-state index is 2.44. The van der Waals surface area contributed by atoms with Crippen molar-refractivity contribution in [3.8, 4) is 33.6 Å². The molecule has 13 aromatic rings. The molecular weight excluding hydrogens is 725 g/mol. The van der Waals surface area contributed by atoms with Crippen molar-refractivity contribution in [1.29, 1.82) is 0 Å². The van der Waals surface area contributed by atoms with Gasteiger partial charge in [0.05, 0.1) is 22.1 Å². The highest BCUT2D eigenvalue weighted by molar-refractivity contribution is 6.33. The summed E-state index contributed by atoms with van der Waals surface area (Å²) in [5.74, 6) is 0. The smallest absolute Gasteiger partial charge is 0.0541 e. The van der Waals surface area contributed by atoms with Crippen LogP contribution >= 0.6 is 0 Å². The predicted octanol–water partition coefficient (Wildman–Crippen LogP) is 15.8. The van der Waals surface area contributed by atoms with Crippen LogP contribution in [0.2, 0.25) is 0 Å². The summed E-state index contributed by atoms with van der Waals surface area (Å²) in [6.45, 7) is 0. The summed E-state index contributed by atoms with van der Waals surface area (Å²) in [6.07, 6.45) is 0. The number of benzene rings is 11. The van der Waals surface area contributed by atoms with E-state index < -0.39 is 0 Å². The van der Waals surface area contributed by atoms with Crippen LogP contribution in [0.1, 0.15) is 0 Å². The minimum atomic E-state index is 1.16. The van der Waals surface area contributed by atoms with Crippen molar-refractivity contribution in [2.45, 2.75) is 0 Å². The molecule has 0 aliphatic heterocycles. The van der Waals surface area contributed by atoms with Crippen LogP contribution < -0.4 is 0 Å². The number of fused-ring (bicyclic) bond motifs is 14. The lowest BCUT2D eigenvalue weighted by molar-refractivity contribution is 1.18. The van der Waals surface area contributed by atoms with Gasteiger partial charge in [-0.1, -0.05) is 158 Å². The Hall–Kier alpha value is -7.94. The molecule has 0 bridgehead atoms. The van der Waals surface area contributed by atoms with Gasteiger partial charge in [0.25, 0.3) is 0 Å². The van der Waals surface area contributed by atoms with Crippen LogP contribution in [0, 0.1) is 0 Å². The second kappa shape index (κ2) is 12.8. The van der Waals surface area contributed by atoms with Gasteiger partial charge in [0.2, 0.25) is 0 Å². The molecule has 0 unspecified atom stereocenters. The van der Waals surface area contributed by atoms with Gasteiger partial charge in [-0.2, -0.15) is 0 Å². The SMILES string of the molecule is c1ccc2c(c1)c(-c1ccc(-n3c4ccccc4c4ccccc43)cc1)cc1c3ccccc3c3cc(-c4ccc(-n5c6ccccc6c6ccccc65)cc4)ccc3c21. The molecule has 0 radical (unpaired) electrons. The first-order valence-corrected chi connectivity index (χ1v) is 20.8. The maximum Gasteiger partial charge on any atom is 0.0541 e. The van der Waals surface area contributed by atoms with Gasteiger partial charge in [-0.05, 0) is 126 Å². The number of nitrogens with zero attached hydrogens (tertiary/aromatic N) is 2. The van der Waals surface area contributed by atoms with Gasteiger partial charge < -0.3 is 9.13 Å². The van der Waals surface area contributed by atoms with Crippen LogP contribution in [0.25, 0.3) is 120 Å². The van der Waals surface area contributed by atoms with E-state index in [0.29, 0.717) is 0 Å². The van der Waals surface area contributed by atoms with Crippen molar-refractivity contribution in [2.75, 3.05) is 0 Å². The highest BCUT2D eigenvalue weighted by Crippen LogP contribution is 2.44. The zero-order valence-corrected chi connectivity index (χ0v) is 32.7. The molecule has 0 saturated heterocycles. The van der Waals surface area contributed by atoms with E-state index in [2.05, 4.69) is 228 Å². The summed E-state index contributed by atoms with van der Waals surface area (Å²) < 4.78 is 4.77. The Morgan fingerprint density at radius 3 is 1.08 bits per heavy atom. The number of rotatable bonds is 4. The molecule has 13 rings (SSSR count). The molecule has 11 aromatic carbocycles. The van der Waals surface area contributed by atoms with Gasteiger partial charge in [-0.25, -0.2) is 0 Å². The van der Waals surface area contributed by atoms with Gasteiger partial charge >= 0.3 is 0 Å². The number of aromatic nitrogens is 2. The summed E-state index contributed by atoms with van der Waals surface area (Å²) >= 11 is 0. The molecule has 0 atom stereocenters.